The molecule has 0 atom stereocenters. The number of carbonyl (C=O) groups is 1. The largest absolute Gasteiger partial charge is 0.497 e. The minimum atomic E-state index is -4.51. The number of hydrogen-bond acceptors (Lipinski definition) is 2. The van der Waals surface area contributed by atoms with E-state index in [4.69, 9.17) is 4.74 Å². The standard InChI is InChI=1S/C16H14F3NO2/c1-22-13-8-7-12(14(9-13)16(17,18)19)10-20-15(21)11-5-3-2-4-6-11/h2-9H,10H2,1H3,(H,20,21). The topological polar surface area (TPSA) is 38.3 Å². The zero-order valence-corrected chi connectivity index (χ0v) is 11.8. The van der Waals surface area contributed by atoms with Crippen LogP contribution in [-0.4, -0.2) is 13.0 Å². The van der Waals surface area contributed by atoms with Crippen molar-refractivity contribution in [2.24, 2.45) is 0 Å². The summed E-state index contributed by atoms with van der Waals surface area (Å²) >= 11 is 0. The molecule has 0 aliphatic rings. The number of alkyl halides is 3. The highest BCUT2D eigenvalue weighted by Crippen LogP contribution is 2.34. The number of nitrogens with one attached hydrogen (secondary N) is 1. The lowest BCUT2D eigenvalue weighted by Crippen LogP contribution is -2.24. The maximum absolute atomic E-state index is 13.0. The van der Waals surface area contributed by atoms with Crippen LogP contribution in [0.3, 0.4) is 0 Å². The third kappa shape index (κ3) is 3.78. The van der Waals surface area contributed by atoms with Crippen molar-refractivity contribution < 1.29 is 22.7 Å². The molecular formula is C16H14F3NO2. The van der Waals surface area contributed by atoms with Gasteiger partial charge in [-0.25, -0.2) is 0 Å². The van der Waals surface area contributed by atoms with Gasteiger partial charge in [-0.1, -0.05) is 24.3 Å². The lowest BCUT2D eigenvalue weighted by Gasteiger charge is -2.15. The quantitative estimate of drug-likeness (QED) is 0.936. The molecule has 116 valence electrons. The third-order valence-electron chi connectivity index (χ3n) is 3.10. The first-order valence-electron chi connectivity index (χ1n) is 6.49. The van der Waals surface area contributed by atoms with E-state index in [0.29, 0.717) is 5.56 Å². The Morgan fingerprint density at radius 2 is 1.82 bits per heavy atom. The van der Waals surface area contributed by atoms with Crippen LogP contribution in [0, 0.1) is 0 Å². The predicted molar refractivity (Wildman–Crippen MR) is 75.6 cm³/mol. The molecule has 0 radical (unpaired) electrons. The number of benzene rings is 2. The van der Waals surface area contributed by atoms with Gasteiger partial charge < -0.3 is 10.1 Å². The first-order valence-corrected chi connectivity index (χ1v) is 6.49. The van der Waals surface area contributed by atoms with Crippen LogP contribution in [-0.2, 0) is 12.7 Å². The Morgan fingerprint density at radius 1 is 1.14 bits per heavy atom. The van der Waals surface area contributed by atoms with Crippen molar-refractivity contribution in [1.29, 1.82) is 0 Å². The molecule has 2 aromatic carbocycles. The summed E-state index contributed by atoms with van der Waals surface area (Å²) in [5.74, 6) is -0.310. The van der Waals surface area contributed by atoms with E-state index in [-0.39, 0.29) is 17.9 Å². The molecule has 3 nitrogen and oxygen atoms in total. The normalized spacial score (nSPS) is 11.1. The van der Waals surface area contributed by atoms with E-state index in [1.165, 1.54) is 19.2 Å². The number of ether oxygens (including phenoxy) is 1. The second-order valence-electron chi connectivity index (χ2n) is 4.57. The first-order chi connectivity index (χ1) is 10.4. The van der Waals surface area contributed by atoms with Gasteiger partial charge in [0.25, 0.3) is 5.91 Å². The Hall–Kier alpha value is -2.50. The van der Waals surface area contributed by atoms with E-state index in [2.05, 4.69) is 5.32 Å². The Morgan fingerprint density at radius 3 is 2.41 bits per heavy atom. The molecule has 2 aromatic rings. The highest BCUT2D eigenvalue weighted by molar-refractivity contribution is 5.94. The van der Waals surface area contributed by atoms with Crippen molar-refractivity contribution >= 4 is 5.91 Å². The van der Waals surface area contributed by atoms with E-state index in [1.807, 2.05) is 0 Å². The van der Waals surface area contributed by atoms with Gasteiger partial charge in [0, 0.05) is 12.1 Å². The van der Waals surface area contributed by atoms with Crippen LogP contribution >= 0.6 is 0 Å². The SMILES string of the molecule is COc1ccc(CNC(=O)c2ccccc2)c(C(F)(F)F)c1. The van der Waals surface area contributed by atoms with Crippen LogP contribution in [0.1, 0.15) is 21.5 Å². The van der Waals surface area contributed by atoms with Crippen LogP contribution in [0.25, 0.3) is 0 Å². The highest BCUT2D eigenvalue weighted by Gasteiger charge is 2.33. The number of halogens is 3. The summed E-state index contributed by atoms with van der Waals surface area (Å²) in [5.41, 5.74) is -0.442. The molecule has 1 N–H and O–H groups in total. The van der Waals surface area contributed by atoms with Gasteiger partial charge in [-0.2, -0.15) is 13.2 Å². The van der Waals surface area contributed by atoms with Gasteiger partial charge in [0.05, 0.1) is 12.7 Å². The first kappa shape index (κ1) is 15.9. The molecule has 0 bridgehead atoms. The Labute approximate surface area is 125 Å². The molecule has 0 unspecified atom stereocenters. The van der Waals surface area contributed by atoms with Gasteiger partial charge >= 0.3 is 6.18 Å². The fourth-order valence-corrected chi connectivity index (χ4v) is 1.97. The molecule has 0 heterocycles. The van der Waals surface area contributed by atoms with E-state index in [9.17, 15) is 18.0 Å². The van der Waals surface area contributed by atoms with Gasteiger partial charge in [-0.15, -0.1) is 0 Å². The molecule has 1 amide bonds. The zero-order chi connectivity index (χ0) is 16.2. The van der Waals surface area contributed by atoms with Crippen molar-refractivity contribution in [1.82, 2.24) is 5.32 Å². The number of hydrogen-bond donors (Lipinski definition) is 1. The number of methoxy groups -OCH3 is 1. The molecule has 0 aliphatic heterocycles. The summed E-state index contributed by atoms with van der Waals surface area (Å²) in [5, 5.41) is 2.49. The maximum Gasteiger partial charge on any atom is 0.416 e. The van der Waals surface area contributed by atoms with Crippen molar-refractivity contribution in [2.45, 2.75) is 12.7 Å². The van der Waals surface area contributed by atoms with E-state index in [0.717, 1.165) is 6.07 Å². The van der Waals surface area contributed by atoms with E-state index >= 15 is 0 Å². The highest BCUT2D eigenvalue weighted by atomic mass is 19.4. The monoisotopic (exact) mass is 309 g/mol. The molecule has 0 aromatic heterocycles. The second kappa shape index (κ2) is 6.51. The molecule has 0 aliphatic carbocycles. The van der Waals surface area contributed by atoms with Gasteiger partial charge in [-0.05, 0) is 29.8 Å². The molecule has 0 saturated heterocycles. The summed E-state index contributed by atoms with van der Waals surface area (Å²) in [6.45, 7) is -0.216. The van der Waals surface area contributed by atoms with Crippen LogP contribution in [0.2, 0.25) is 0 Å². The van der Waals surface area contributed by atoms with Gasteiger partial charge in [-0.3, -0.25) is 4.79 Å². The predicted octanol–water partition coefficient (Wildman–Crippen LogP) is 3.64. The van der Waals surface area contributed by atoms with Crippen molar-refractivity contribution in [3.8, 4) is 5.75 Å². The van der Waals surface area contributed by atoms with Crippen LogP contribution < -0.4 is 10.1 Å². The molecular weight excluding hydrogens is 295 g/mol. The Bertz CT molecular complexity index is 654. The molecule has 0 fully saturated rings. The minimum Gasteiger partial charge on any atom is -0.497 e. The van der Waals surface area contributed by atoms with E-state index < -0.39 is 17.6 Å². The lowest BCUT2D eigenvalue weighted by molar-refractivity contribution is -0.138. The van der Waals surface area contributed by atoms with Crippen LogP contribution in [0.5, 0.6) is 5.75 Å². The van der Waals surface area contributed by atoms with Crippen molar-refractivity contribution in [3.63, 3.8) is 0 Å². The van der Waals surface area contributed by atoms with E-state index in [1.54, 1.807) is 30.3 Å². The average molecular weight is 309 g/mol. The van der Waals surface area contributed by atoms with Gasteiger partial charge in [0.1, 0.15) is 5.75 Å². The number of rotatable bonds is 4. The van der Waals surface area contributed by atoms with Crippen molar-refractivity contribution in [3.05, 3.63) is 65.2 Å². The summed E-state index contributed by atoms with van der Waals surface area (Å²) in [6, 6.07) is 12.0. The van der Waals surface area contributed by atoms with Gasteiger partial charge in [0.15, 0.2) is 0 Å². The summed E-state index contributed by atoms with van der Waals surface area (Å²) < 4.78 is 43.9. The van der Waals surface area contributed by atoms with Gasteiger partial charge in [0.2, 0.25) is 0 Å². The lowest BCUT2D eigenvalue weighted by atomic mass is 10.1. The minimum absolute atomic E-state index is 0.0161. The van der Waals surface area contributed by atoms with Crippen LogP contribution in [0.4, 0.5) is 13.2 Å². The zero-order valence-electron chi connectivity index (χ0n) is 11.8. The smallest absolute Gasteiger partial charge is 0.416 e. The molecule has 6 heteroatoms. The Balaban J connectivity index is 2.18. The second-order valence-corrected chi connectivity index (χ2v) is 4.57. The summed E-state index contributed by atoms with van der Waals surface area (Å²) in [6.07, 6.45) is -4.51. The van der Waals surface area contributed by atoms with Crippen LogP contribution in [0.15, 0.2) is 48.5 Å². The summed E-state index contributed by atoms with van der Waals surface area (Å²) in [7, 11) is 1.30. The van der Waals surface area contributed by atoms with Crippen molar-refractivity contribution in [2.75, 3.05) is 7.11 Å². The fraction of sp³-hybridized carbons (Fsp3) is 0.188. The third-order valence-corrected chi connectivity index (χ3v) is 3.10. The number of amides is 1. The molecule has 2 rings (SSSR count). The molecule has 0 spiro atoms. The molecule has 22 heavy (non-hydrogen) atoms. The molecule has 0 saturated carbocycles. The Kier molecular flexibility index (Phi) is 4.70. The fourth-order valence-electron chi connectivity index (χ4n) is 1.97. The number of carbonyl (C=O) groups excluding carboxylic acids is 1. The summed E-state index contributed by atoms with van der Waals surface area (Å²) in [4.78, 5) is 11.9. The average Bonchev–Trinajstić information content (AvgIpc) is 2.52. The maximum atomic E-state index is 13.0.